The minimum atomic E-state index is -4.88. The number of aromatic amines is 1. The number of phosphoric acid groups is 1. The first-order chi connectivity index (χ1) is 25.4. The SMILES string of the molecule is CCCCCCCCCCCCCCCC(=O)Nc1ccn([C@H]2C[C@H](OP(=O)(O)OC[C@H]3O[C@@H](n4cc(F)c(=O)[nH]c4=O)C[C@@H]3O)[C@@H](CO)O2)c(=O)n1. The molecule has 1 unspecified atom stereocenters. The van der Waals surface area contributed by atoms with Gasteiger partial charge in [0.15, 0.2) is 0 Å². The van der Waals surface area contributed by atoms with E-state index in [9.17, 15) is 43.2 Å². The van der Waals surface area contributed by atoms with Crippen LogP contribution in [0.5, 0.6) is 0 Å². The van der Waals surface area contributed by atoms with Crippen molar-refractivity contribution in [3.8, 4) is 0 Å². The summed E-state index contributed by atoms with van der Waals surface area (Å²) in [6.45, 7) is 0.917. The average molecular weight is 774 g/mol. The number of aromatic nitrogens is 4. The Balaban J connectivity index is 1.17. The molecule has 2 saturated heterocycles. The van der Waals surface area contributed by atoms with E-state index < -0.39 is 80.7 Å². The molecular weight excluding hydrogens is 720 g/mol. The molecule has 53 heavy (non-hydrogen) atoms. The second-order valence-corrected chi connectivity index (χ2v) is 15.0. The number of halogens is 1. The van der Waals surface area contributed by atoms with Gasteiger partial charge in [0.25, 0.3) is 5.56 Å². The van der Waals surface area contributed by atoms with E-state index in [1.165, 1.54) is 70.1 Å². The Labute approximate surface area is 306 Å². The van der Waals surface area contributed by atoms with Gasteiger partial charge in [0.1, 0.15) is 36.6 Å². The number of nitrogens with one attached hydrogen (secondary N) is 2. The Kier molecular flexibility index (Phi) is 17.0. The lowest BCUT2D eigenvalue weighted by atomic mass is 10.0. The van der Waals surface area contributed by atoms with Gasteiger partial charge in [0, 0.05) is 25.5 Å². The number of carbonyl (C=O) groups is 1. The van der Waals surface area contributed by atoms with E-state index in [1.807, 2.05) is 0 Å². The average Bonchev–Trinajstić information content (AvgIpc) is 3.69. The van der Waals surface area contributed by atoms with Gasteiger partial charge in [-0.05, 0) is 12.5 Å². The number of amides is 1. The third-order valence-corrected chi connectivity index (χ3v) is 10.4. The maximum atomic E-state index is 13.7. The molecule has 0 saturated carbocycles. The molecule has 2 aromatic heterocycles. The van der Waals surface area contributed by atoms with Gasteiger partial charge in [0.05, 0.1) is 25.5 Å². The summed E-state index contributed by atoms with van der Waals surface area (Å²) in [7, 11) is -4.88. The number of anilines is 1. The number of rotatable bonds is 23. The van der Waals surface area contributed by atoms with Crippen molar-refractivity contribution in [1.82, 2.24) is 19.1 Å². The molecule has 1 amide bonds. The summed E-state index contributed by atoms with van der Waals surface area (Å²) in [4.78, 5) is 64.7. The molecule has 4 heterocycles. The van der Waals surface area contributed by atoms with Gasteiger partial charge >= 0.3 is 19.2 Å². The predicted octanol–water partition coefficient (Wildman–Crippen LogP) is 3.78. The summed E-state index contributed by atoms with van der Waals surface area (Å²) in [6, 6.07) is 1.42. The number of phosphoric ester groups is 1. The molecule has 19 heteroatoms. The van der Waals surface area contributed by atoms with Gasteiger partial charge in [0.2, 0.25) is 11.7 Å². The Morgan fingerprint density at radius 2 is 1.58 bits per heavy atom. The first-order valence-electron chi connectivity index (χ1n) is 18.6. The molecule has 2 aliphatic heterocycles. The van der Waals surface area contributed by atoms with Crippen molar-refractivity contribution >= 4 is 19.5 Å². The smallest absolute Gasteiger partial charge is 0.394 e. The van der Waals surface area contributed by atoms with E-state index in [-0.39, 0.29) is 24.6 Å². The topological polar surface area (TPSA) is 234 Å². The van der Waals surface area contributed by atoms with E-state index in [4.69, 9.17) is 18.5 Å². The lowest BCUT2D eigenvalue weighted by Gasteiger charge is -2.21. The molecule has 298 valence electrons. The summed E-state index contributed by atoms with van der Waals surface area (Å²) in [5, 5.41) is 22.8. The van der Waals surface area contributed by atoms with Crippen LogP contribution in [0.3, 0.4) is 0 Å². The molecule has 0 spiro atoms. The van der Waals surface area contributed by atoms with E-state index >= 15 is 0 Å². The highest BCUT2D eigenvalue weighted by molar-refractivity contribution is 7.47. The minimum Gasteiger partial charge on any atom is -0.394 e. The van der Waals surface area contributed by atoms with Gasteiger partial charge < -0.3 is 29.9 Å². The number of hydrogen-bond donors (Lipinski definition) is 5. The van der Waals surface area contributed by atoms with E-state index in [2.05, 4.69) is 17.2 Å². The third kappa shape index (κ3) is 13.3. The van der Waals surface area contributed by atoms with Crippen LogP contribution in [-0.4, -0.2) is 77.7 Å². The Morgan fingerprint density at radius 1 is 0.981 bits per heavy atom. The van der Waals surface area contributed by atoms with Crippen LogP contribution in [0.25, 0.3) is 0 Å². The summed E-state index contributed by atoms with van der Waals surface area (Å²) in [6.07, 6.45) is 10.4. The first kappa shape index (κ1) is 42.6. The highest BCUT2D eigenvalue weighted by Gasteiger charge is 2.43. The Morgan fingerprint density at radius 3 is 2.21 bits per heavy atom. The zero-order valence-electron chi connectivity index (χ0n) is 30.1. The second kappa shape index (κ2) is 21.1. The summed E-state index contributed by atoms with van der Waals surface area (Å²) in [5.41, 5.74) is -2.97. The quantitative estimate of drug-likeness (QED) is 0.0800. The van der Waals surface area contributed by atoms with Gasteiger partial charge in [-0.25, -0.2) is 14.2 Å². The molecule has 0 radical (unpaired) electrons. The van der Waals surface area contributed by atoms with Crippen molar-refractivity contribution in [1.29, 1.82) is 0 Å². The first-order valence-corrected chi connectivity index (χ1v) is 20.1. The van der Waals surface area contributed by atoms with Gasteiger partial charge in [-0.2, -0.15) is 9.37 Å². The fourth-order valence-electron chi connectivity index (χ4n) is 6.44. The highest BCUT2D eigenvalue weighted by atomic mass is 31.2. The normalized spacial score (nSPS) is 24.0. The van der Waals surface area contributed by atoms with Crippen molar-refractivity contribution in [3.63, 3.8) is 0 Å². The minimum absolute atomic E-state index is 0.0674. The number of nitrogens with zero attached hydrogens (tertiary/aromatic N) is 3. The number of ether oxygens (including phenoxy) is 2. The monoisotopic (exact) mass is 773 g/mol. The second-order valence-electron chi connectivity index (χ2n) is 13.6. The summed E-state index contributed by atoms with van der Waals surface area (Å²) in [5.74, 6) is -1.44. The van der Waals surface area contributed by atoms with E-state index in [0.29, 0.717) is 12.6 Å². The van der Waals surface area contributed by atoms with Gasteiger partial charge in [-0.15, -0.1) is 0 Å². The lowest BCUT2D eigenvalue weighted by Crippen LogP contribution is -2.34. The zero-order chi connectivity index (χ0) is 38.4. The molecule has 2 fully saturated rings. The molecule has 5 N–H and O–H groups in total. The maximum absolute atomic E-state index is 13.7. The summed E-state index contributed by atoms with van der Waals surface area (Å²) >= 11 is 0. The predicted molar refractivity (Wildman–Crippen MR) is 190 cm³/mol. The zero-order valence-corrected chi connectivity index (χ0v) is 31.0. The van der Waals surface area contributed by atoms with E-state index in [1.54, 1.807) is 4.98 Å². The largest absolute Gasteiger partial charge is 0.472 e. The number of carbonyl (C=O) groups excluding carboxylic acids is 1. The number of hydrogen-bond acceptors (Lipinski definition) is 12. The van der Waals surface area contributed by atoms with Crippen LogP contribution in [0, 0.1) is 5.82 Å². The van der Waals surface area contributed by atoms with Crippen LogP contribution in [-0.2, 0) is 27.9 Å². The van der Waals surface area contributed by atoms with Crippen molar-refractivity contribution in [2.45, 2.75) is 147 Å². The molecule has 17 nitrogen and oxygen atoms in total. The number of aliphatic hydroxyl groups is 2. The fraction of sp³-hybridized carbons (Fsp3) is 0.735. The van der Waals surface area contributed by atoms with Crippen LogP contribution in [0.1, 0.15) is 122 Å². The van der Waals surface area contributed by atoms with Crippen molar-refractivity contribution < 1.29 is 47.4 Å². The number of aliphatic hydroxyl groups excluding tert-OH is 2. The van der Waals surface area contributed by atoms with Crippen molar-refractivity contribution in [3.05, 3.63) is 55.6 Å². The van der Waals surface area contributed by atoms with Crippen LogP contribution >= 0.6 is 7.82 Å². The molecule has 0 aliphatic carbocycles. The molecular formula is C34H53FN5O12P. The summed E-state index contributed by atoms with van der Waals surface area (Å²) < 4.78 is 49.8. The molecule has 2 aliphatic rings. The standard InChI is InChI=1S/C34H53FN5O12P/c1-2-3-4-5-6-7-8-9-10-11-12-13-14-15-29(43)36-28-16-17-39(33(45)37-28)31-19-25(26(21-41)50-31)52-53(47,48)49-22-27-24(42)18-30(51-27)40-20-23(35)32(44)38-34(40)46/h16-17,20,24-27,30-31,41-42H,2-15,18-19,21-22H2,1H3,(H,47,48)(H,38,44,46)(H,36,37,43,45)/t24-,25-,26+,27+,30+,31+/m0/s1. The number of H-pyrrole nitrogens is 1. The van der Waals surface area contributed by atoms with Gasteiger partial charge in [-0.3, -0.25) is 32.8 Å². The van der Waals surface area contributed by atoms with Crippen LogP contribution in [0.4, 0.5) is 10.2 Å². The third-order valence-electron chi connectivity index (χ3n) is 9.38. The molecule has 4 rings (SSSR count). The fourth-order valence-corrected chi connectivity index (χ4v) is 7.40. The lowest BCUT2D eigenvalue weighted by molar-refractivity contribution is -0.116. The van der Waals surface area contributed by atoms with Crippen LogP contribution in [0.15, 0.2) is 32.8 Å². The maximum Gasteiger partial charge on any atom is 0.472 e. The van der Waals surface area contributed by atoms with Crippen molar-refractivity contribution in [2.24, 2.45) is 0 Å². The van der Waals surface area contributed by atoms with Crippen LogP contribution in [0.2, 0.25) is 0 Å². The van der Waals surface area contributed by atoms with Crippen LogP contribution < -0.4 is 22.3 Å². The Hall–Kier alpha value is -3.09. The molecule has 0 aromatic carbocycles. The molecule has 2 aromatic rings. The molecule has 7 atom stereocenters. The van der Waals surface area contributed by atoms with Crippen molar-refractivity contribution in [2.75, 3.05) is 18.5 Å². The molecule has 0 bridgehead atoms. The van der Waals surface area contributed by atoms with Gasteiger partial charge in [-0.1, -0.05) is 84.0 Å². The van der Waals surface area contributed by atoms with E-state index in [0.717, 1.165) is 34.8 Å². The Bertz CT molecular complexity index is 1690. The number of unbranched alkanes of at least 4 members (excludes halogenated alkanes) is 12. The highest BCUT2D eigenvalue weighted by Crippen LogP contribution is 2.49.